The lowest BCUT2D eigenvalue weighted by Gasteiger charge is -2.07. The van der Waals surface area contributed by atoms with Gasteiger partial charge in [-0.25, -0.2) is 13.9 Å². The molecule has 0 aliphatic rings. The first-order valence-electron chi connectivity index (χ1n) is 8.98. The maximum absolute atomic E-state index is 13.9. The van der Waals surface area contributed by atoms with E-state index in [0.29, 0.717) is 11.4 Å². The van der Waals surface area contributed by atoms with E-state index >= 15 is 0 Å². The van der Waals surface area contributed by atoms with Crippen molar-refractivity contribution in [1.29, 1.82) is 0 Å². The van der Waals surface area contributed by atoms with Crippen molar-refractivity contribution < 1.29 is 23.5 Å². The number of hydrogen-bond acceptors (Lipinski definition) is 5. The first kappa shape index (κ1) is 20.8. The molecule has 30 heavy (non-hydrogen) atoms. The smallest absolute Gasteiger partial charge is 0.341 e. The maximum atomic E-state index is 13.9. The van der Waals surface area contributed by atoms with Gasteiger partial charge >= 0.3 is 5.97 Å². The number of esters is 1. The van der Waals surface area contributed by atoms with Crippen molar-refractivity contribution in [2.24, 2.45) is 7.05 Å². The number of hydrogen-bond donors (Lipinski definition) is 1. The van der Waals surface area contributed by atoms with Crippen molar-refractivity contribution in [1.82, 2.24) is 9.36 Å². The molecule has 8 nitrogen and oxygen atoms in total. The lowest BCUT2D eigenvalue weighted by atomic mass is 10.2. The Morgan fingerprint density at radius 1 is 1.13 bits per heavy atom. The lowest BCUT2D eigenvalue weighted by Crippen LogP contribution is -2.26. The Bertz CT molecular complexity index is 1150. The Labute approximate surface area is 171 Å². The zero-order valence-electron chi connectivity index (χ0n) is 16.6. The second kappa shape index (κ2) is 8.64. The van der Waals surface area contributed by atoms with E-state index in [1.54, 1.807) is 42.9 Å². The standard InChI is InChI=1S/C21H20FN3O5/c1-13-19(20(27)25(24(13)2)14-7-5-4-6-8-14)23-18(26)12-30-21(28)16-10-9-15(29-3)11-17(16)22/h4-11H,12H2,1-3H3,(H,23,26). The minimum absolute atomic E-state index is 0.0676. The molecule has 0 radical (unpaired) electrons. The summed E-state index contributed by atoms with van der Waals surface area (Å²) < 4.78 is 26.7. The van der Waals surface area contributed by atoms with E-state index in [9.17, 15) is 18.8 Å². The van der Waals surface area contributed by atoms with E-state index in [2.05, 4.69) is 5.32 Å². The number of rotatable bonds is 6. The molecule has 0 unspecified atom stereocenters. The lowest BCUT2D eigenvalue weighted by molar-refractivity contribution is -0.119. The fourth-order valence-corrected chi connectivity index (χ4v) is 2.88. The summed E-state index contributed by atoms with van der Waals surface area (Å²) in [6, 6.07) is 12.6. The Morgan fingerprint density at radius 2 is 1.83 bits per heavy atom. The first-order chi connectivity index (χ1) is 14.3. The summed E-state index contributed by atoms with van der Waals surface area (Å²) in [5.74, 6) is -2.31. The fraction of sp³-hybridized carbons (Fsp3) is 0.190. The number of carbonyl (C=O) groups is 2. The minimum Gasteiger partial charge on any atom is -0.497 e. The number of para-hydroxylation sites is 1. The normalized spacial score (nSPS) is 10.5. The Kier molecular flexibility index (Phi) is 6.01. The molecule has 1 heterocycles. The highest BCUT2D eigenvalue weighted by molar-refractivity contribution is 5.95. The molecule has 3 rings (SSSR count). The van der Waals surface area contributed by atoms with Crippen LogP contribution in [0.1, 0.15) is 16.1 Å². The zero-order valence-corrected chi connectivity index (χ0v) is 16.6. The average molecular weight is 413 g/mol. The third-order valence-electron chi connectivity index (χ3n) is 4.55. The summed E-state index contributed by atoms with van der Waals surface area (Å²) in [7, 11) is 3.06. The van der Waals surface area contributed by atoms with Crippen molar-refractivity contribution >= 4 is 17.6 Å². The molecule has 156 valence electrons. The molecule has 3 aromatic rings. The van der Waals surface area contributed by atoms with Crippen molar-refractivity contribution in [3.8, 4) is 11.4 Å². The van der Waals surface area contributed by atoms with Crippen molar-refractivity contribution in [3.05, 3.63) is 76.0 Å². The number of nitrogens with zero attached hydrogens (tertiary/aromatic N) is 2. The molecule has 1 aromatic heterocycles. The fourth-order valence-electron chi connectivity index (χ4n) is 2.88. The van der Waals surface area contributed by atoms with Gasteiger partial charge < -0.3 is 14.8 Å². The number of amides is 1. The summed E-state index contributed by atoms with van der Waals surface area (Å²) in [6.07, 6.45) is 0. The van der Waals surface area contributed by atoms with Gasteiger partial charge in [0.2, 0.25) is 0 Å². The second-order valence-electron chi connectivity index (χ2n) is 6.41. The van der Waals surface area contributed by atoms with Gasteiger partial charge in [0.1, 0.15) is 17.3 Å². The third-order valence-corrected chi connectivity index (χ3v) is 4.55. The zero-order chi connectivity index (χ0) is 21.8. The highest BCUT2D eigenvalue weighted by Gasteiger charge is 2.20. The first-order valence-corrected chi connectivity index (χ1v) is 8.98. The predicted molar refractivity (Wildman–Crippen MR) is 108 cm³/mol. The summed E-state index contributed by atoms with van der Waals surface area (Å²) >= 11 is 0. The summed E-state index contributed by atoms with van der Waals surface area (Å²) in [5, 5.41) is 2.47. The number of ether oxygens (including phenoxy) is 2. The van der Waals surface area contributed by atoms with Crippen LogP contribution in [0.5, 0.6) is 5.75 Å². The molecule has 0 bridgehead atoms. The average Bonchev–Trinajstić information content (AvgIpc) is 2.95. The van der Waals surface area contributed by atoms with Gasteiger partial charge in [0.25, 0.3) is 11.5 Å². The molecule has 0 saturated carbocycles. The van der Waals surface area contributed by atoms with Crippen LogP contribution in [-0.2, 0) is 16.6 Å². The molecule has 0 atom stereocenters. The second-order valence-corrected chi connectivity index (χ2v) is 6.41. The summed E-state index contributed by atoms with van der Waals surface area (Å²) in [6.45, 7) is 0.999. The van der Waals surface area contributed by atoms with Crippen LogP contribution in [0.15, 0.2) is 53.3 Å². The van der Waals surface area contributed by atoms with Crippen molar-refractivity contribution in [2.45, 2.75) is 6.92 Å². The van der Waals surface area contributed by atoms with Crippen LogP contribution in [0.4, 0.5) is 10.1 Å². The molecule has 0 aliphatic heterocycles. The summed E-state index contributed by atoms with van der Waals surface area (Å²) in [5.41, 5.74) is 0.464. The van der Waals surface area contributed by atoms with Gasteiger partial charge in [-0.1, -0.05) is 18.2 Å². The van der Waals surface area contributed by atoms with E-state index in [1.165, 1.54) is 23.9 Å². The van der Waals surface area contributed by atoms with Crippen LogP contribution in [0, 0.1) is 12.7 Å². The maximum Gasteiger partial charge on any atom is 0.341 e. The predicted octanol–water partition coefficient (Wildman–Crippen LogP) is 2.43. The van der Waals surface area contributed by atoms with Crippen LogP contribution in [0.25, 0.3) is 5.69 Å². The number of nitrogens with one attached hydrogen (secondary N) is 1. The molecule has 9 heteroatoms. The number of benzene rings is 2. The number of aromatic nitrogens is 2. The number of anilines is 1. The number of methoxy groups -OCH3 is 1. The van der Waals surface area contributed by atoms with Crippen molar-refractivity contribution in [3.63, 3.8) is 0 Å². The van der Waals surface area contributed by atoms with E-state index in [-0.39, 0.29) is 17.0 Å². The molecule has 1 amide bonds. The minimum atomic E-state index is -1.00. The molecular formula is C21H20FN3O5. The van der Waals surface area contributed by atoms with Crippen LogP contribution in [0.3, 0.4) is 0 Å². The molecule has 0 fully saturated rings. The summed E-state index contributed by atoms with van der Waals surface area (Å²) in [4.78, 5) is 37.1. The van der Waals surface area contributed by atoms with Crippen LogP contribution >= 0.6 is 0 Å². The highest BCUT2D eigenvalue weighted by Crippen LogP contribution is 2.17. The van der Waals surface area contributed by atoms with Gasteiger partial charge in [-0.3, -0.25) is 14.3 Å². The van der Waals surface area contributed by atoms with E-state index in [0.717, 1.165) is 6.07 Å². The highest BCUT2D eigenvalue weighted by atomic mass is 19.1. The SMILES string of the molecule is COc1ccc(C(=O)OCC(=O)Nc2c(C)n(C)n(-c3ccccc3)c2=O)c(F)c1. The molecular weight excluding hydrogens is 393 g/mol. The van der Waals surface area contributed by atoms with Crippen molar-refractivity contribution in [2.75, 3.05) is 19.0 Å². The van der Waals surface area contributed by atoms with Gasteiger partial charge in [0.05, 0.1) is 24.1 Å². The monoisotopic (exact) mass is 413 g/mol. The largest absolute Gasteiger partial charge is 0.497 e. The molecule has 2 aromatic carbocycles. The van der Waals surface area contributed by atoms with E-state index < -0.39 is 29.9 Å². The van der Waals surface area contributed by atoms with Gasteiger partial charge in [-0.05, 0) is 31.2 Å². The Hall–Kier alpha value is -3.88. The van der Waals surface area contributed by atoms with Gasteiger partial charge in [-0.15, -0.1) is 0 Å². The van der Waals surface area contributed by atoms with Crippen LogP contribution < -0.4 is 15.6 Å². The molecule has 0 spiro atoms. The molecule has 1 N–H and O–H groups in total. The Balaban J connectivity index is 1.71. The van der Waals surface area contributed by atoms with Crippen LogP contribution in [0.2, 0.25) is 0 Å². The number of carbonyl (C=O) groups excluding carboxylic acids is 2. The topological polar surface area (TPSA) is 91.6 Å². The molecule has 0 aliphatic carbocycles. The van der Waals surface area contributed by atoms with Gasteiger partial charge in [0.15, 0.2) is 6.61 Å². The van der Waals surface area contributed by atoms with E-state index in [4.69, 9.17) is 9.47 Å². The quantitative estimate of drug-likeness (QED) is 0.627. The van der Waals surface area contributed by atoms with Gasteiger partial charge in [-0.2, -0.15) is 0 Å². The number of halogens is 1. The molecule has 0 saturated heterocycles. The third kappa shape index (κ3) is 4.09. The van der Waals surface area contributed by atoms with Gasteiger partial charge in [0, 0.05) is 13.1 Å². The van der Waals surface area contributed by atoms with E-state index in [1.807, 2.05) is 6.07 Å². The van der Waals surface area contributed by atoms with Crippen LogP contribution in [-0.4, -0.2) is 35.0 Å². The Morgan fingerprint density at radius 3 is 2.47 bits per heavy atom.